The molecule has 0 unspecified atom stereocenters. The van der Waals surface area contributed by atoms with Crippen molar-refractivity contribution in [3.63, 3.8) is 0 Å². The van der Waals surface area contributed by atoms with Crippen LogP contribution in [-0.4, -0.2) is 30.4 Å². The fourth-order valence-electron chi connectivity index (χ4n) is 0.0708. The molecule has 0 rings (SSSR count). The second-order valence-electron chi connectivity index (χ2n) is 0.873. The average molecular weight is 102 g/mol. The van der Waals surface area contributed by atoms with Crippen LogP contribution in [0.15, 0.2) is 0 Å². The first kappa shape index (κ1) is 6.45. The predicted octanol–water partition coefficient (Wildman–Crippen LogP) is -2.08. The molecule has 4 nitrogen and oxygen atoms in total. The molecule has 7 heavy (non-hydrogen) atoms. The molecular formula is C2H3BO4. The summed E-state index contributed by atoms with van der Waals surface area (Å²) in [4.78, 5) is 9.20. The second kappa shape index (κ2) is 1.95. The summed E-state index contributed by atoms with van der Waals surface area (Å²) in [5, 5.41) is 15.8. The van der Waals surface area contributed by atoms with E-state index in [0.29, 0.717) is 0 Å². The first-order valence-electron chi connectivity index (χ1n) is 1.41. The zero-order chi connectivity index (χ0) is 5.91. The highest BCUT2D eigenvalue weighted by atomic mass is 16.8. The molecule has 0 fully saturated rings. The van der Waals surface area contributed by atoms with Crippen molar-refractivity contribution >= 4 is 14.3 Å². The van der Waals surface area contributed by atoms with E-state index >= 15 is 0 Å². The summed E-state index contributed by atoms with van der Waals surface area (Å²) < 4.78 is 3.44. The van der Waals surface area contributed by atoms with Gasteiger partial charge in [0.15, 0.2) is 0 Å². The van der Waals surface area contributed by atoms with Gasteiger partial charge in [-0.3, -0.25) is 4.79 Å². The Balaban J connectivity index is 3.34. The maximum Gasteiger partial charge on any atom is 0.296 e. The Bertz CT molecular complexity index is 64.6. The Kier molecular flexibility index (Phi) is 1.80. The van der Waals surface area contributed by atoms with Gasteiger partial charge in [0.2, 0.25) is 7.85 Å². The lowest BCUT2D eigenvalue weighted by atomic mass is 10.1. The van der Waals surface area contributed by atoms with Gasteiger partial charge in [-0.1, -0.05) is 0 Å². The van der Waals surface area contributed by atoms with Gasteiger partial charge in [-0.25, -0.2) is 0 Å². The van der Waals surface area contributed by atoms with E-state index in [0.717, 1.165) is 0 Å². The largest absolute Gasteiger partial charge is 0.421 e. The molecule has 2 radical (unpaired) electrons. The van der Waals surface area contributed by atoms with Crippen LogP contribution in [-0.2, 0) is 9.53 Å². The van der Waals surface area contributed by atoms with E-state index in [9.17, 15) is 4.79 Å². The Labute approximate surface area is 41.1 Å². The number of carbonyl (C=O) groups is 1. The molecular weight excluding hydrogens is 98.8 g/mol. The van der Waals surface area contributed by atoms with Crippen molar-refractivity contribution in [1.29, 1.82) is 0 Å². The molecule has 0 amide bonds. The molecule has 0 saturated heterocycles. The SMILES string of the molecule is [B]C(O)(O)OC=O. The normalized spacial score (nSPS) is 10.6. The fourth-order valence-corrected chi connectivity index (χ4v) is 0.0708. The predicted molar refractivity (Wildman–Crippen MR) is 20.1 cm³/mol. The fraction of sp³-hybridized carbons (Fsp3) is 0.500. The number of hydrogen-bond acceptors (Lipinski definition) is 4. The van der Waals surface area contributed by atoms with Crippen molar-refractivity contribution in [2.75, 3.05) is 0 Å². The quantitative estimate of drug-likeness (QED) is 0.238. The summed E-state index contributed by atoms with van der Waals surface area (Å²) in [5.41, 5.74) is 0. The molecule has 0 spiro atoms. The molecule has 0 heterocycles. The van der Waals surface area contributed by atoms with Gasteiger partial charge in [0.1, 0.15) is 0 Å². The third kappa shape index (κ3) is 5.45. The lowest BCUT2D eigenvalue weighted by molar-refractivity contribution is -0.253. The first-order valence-corrected chi connectivity index (χ1v) is 1.41. The van der Waals surface area contributed by atoms with E-state index in [1.807, 2.05) is 0 Å². The van der Waals surface area contributed by atoms with E-state index in [-0.39, 0.29) is 6.47 Å². The Hall–Kier alpha value is -0.545. The molecule has 0 aromatic rings. The minimum Gasteiger partial charge on any atom is -0.421 e. The second-order valence-corrected chi connectivity index (χ2v) is 0.873. The Morgan fingerprint density at radius 3 is 2.14 bits per heavy atom. The summed E-state index contributed by atoms with van der Waals surface area (Å²) in [7, 11) is 4.30. The van der Waals surface area contributed by atoms with E-state index in [1.165, 1.54) is 0 Å². The monoisotopic (exact) mass is 102 g/mol. The minimum atomic E-state index is -2.82. The molecule has 0 aromatic heterocycles. The van der Waals surface area contributed by atoms with Gasteiger partial charge in [0.25, 0.3) is 12.3 Å². The maximum absolute atomic E-state index is 9.20. The van der Waals surface area contributed by atoms with E-state index in [4.69, 9.17) is 10.2 Å². The molecule has 0 aliphatic rings. The summed E-state index contributed by atoms with van der Waals surface area (Å²) >= 11 is 0. The van der Waals surface area contributed by atoms with Crippen LogP contribution in [0.25, 0.3) is 0 Å². The molecule has 0 atom stereocenters. The van der Waals surface area contributed by atoms with Gasteiger partial charge in [-0.15, -0.1) is 0 Å². The third-order valence-corrected chi connectivity index (χ3v) is 0.222. The van der Waals surface area contributed by atoms with Gasteiger partial charge in [-0.2, -0.15) is 0 Å². The molecule has 5 heteroatoms. The van der Waals surface area contributed by atoms with Crippen LogP contribution in [0.2, 0.25) is 0 Å². The topological polar surface area (TPSA) is 66.8 Å². The lowest BCUT2D eigenvalue weighted by Crippen LogP contribution is -2.31. The van der Waals surface area contributed by atoms with Crippen LogP contribution in [0.1, 0.15) is 0 Å². The van der Waals surface area contributed by atoms with Gasteiger partial charge in [0, 0.05) is 0 Å². The van der Waals surface area contributed by atoms with Crippen molar-refractivity contribution in [1.82, 2.24) is 0 Å². The van der Waals surface area contributed by atoms with Crippen molar-refractivity contribution in [3.8, 4) is 0 Å². The molecule has 0 aromatic carbocycles. The van der Waals surface area contributed by atoms with Crippen molar-refractivity contribution in [3.05, 3.63) is 0 Å². The smallest absolute Gasteiger partial charge is 0.296 e. The molecule has 38 valence electrons. The van der Waals surface area contributed by atoms with Crippen LogP contribution in [0.3, 0.4) is 0 Å². The molecule has 2 N–H and O–H groups in total. The Morgan fingerprint density at radius 1 is 1.71 bits per heavy atom. The number of aliphatic hydroxyl groups is 2. The van der Waals surface area contributed by atoms with Gasteiger partial charge < -0.3 is 14.9 Å². The number of carbonyl (C=O) groups excluding carboxylic acids is 1. The van der Waals surface area contributed by atoms with Gasteiger partial charge >= 0.3 is 0 Å². The van der Waals surface area contributed by atoms with E-state index in [2.05, 4.69) is 12.6 Å². The van der Waals surface area contributed by atoms with Gasteiger partial charge in [0.05, 0.1) is 0 Å². The highest BCUT2D eigenvalue weighted by Gasteiger charge is 2.12. The highest BCUT2D eigenvalue weighted by molar-refractivity contribution is 6.12. The first-order chi connectivity index (χ1) is 3.06. The van der Waals surface area contributed by atoms with Gasteiger partial charge in [-0.05, 0) is 0 Å². The van der Waals surface area contributed by atoms with E-state index < -0.39 is 5.87 Å². The zero-order valence-corrected chi connectivity index (χ0v) is 3.37. The van der Waals surface area contributed by atoms with Crippen LogP contribution in [0.5, 0.6) is 0 Å². The number of hydrogen-bond donors (Lipinski definition) is 2. The number of ether oxygens (including phenoxy) is 1. The Morgan fingerprint density at radius 2 is 2.14 bits per heavy atom. The van der Waals surface area contributed by atoms with Crippen LogP contribution < -0.4 is 0 Å². The summed E-state index contributed by atoms with van der Waals surface area (Å²) in [5.74, 6) is -2.82. The molecule has 0 bridgehead atoms. The minimum absolute atomic E-state index is 0.167. The summed E-state index contributed by atoms with van der Waals surface area (Å²) in [6, 6.07) is 0. The average Bonchev–Trinajstić information content (AvgIpc) is 1.30. The number of rotatable bonds is 2. The highest BCUT2D eigenvalue weighted by Crippen LogP contribution is 1.87. The molecule has 0 saturated carbocycles. The van der Waals surface area contributed by atoms with Crippen molar-refractivity contribution < 1.29 is 19.7 Å². The molecule has 0 aliphatic carbocycles. The van der Waals surface area contributed by atoms with Crippen molar-refractivity contribution in [2.45, 2.75) is 5.87 Å². The van der Waals surface area contributed by atoms with Crippen LogP contribution in [0.4, 0.5) is 0 Å². The summed E-state index contributed by atoms with van der Waals surface area (Å²) in [6.07, 6.45) is 0. The third-order valence-electron chi connectivity index (χ3n) is 0.222. The maximum atomic E-state index is 9.20. The molecule has 0 aliphatic heterocycles. The van der Waals surface area contributed by atoms with E-state index in [1.54, 1.807) is 0 Å². The van der Waals surface area contributed by atoms with Crippen LogP contribution >= 0.6 is 0 Å². The summed E-state index contributed by atoms with van der Waals surface area (Å²) in [6.45, 7) is -0.167. The zero-order valence-electron chi connectivity index (χ0n) is 3.37. The standard InChI is InChI=1S/C2H3BO4/c3-2(5,6)7-1-4/h1,5-6H. The van der Waals surface area contributed by atoms with Crippen LogP contribution in [0, 0.1) is 0 Å². The lowest BCUT2D eigenvalue weighted by Gasteiger charge is -2.11. The van der Waals surface area contributed by atoms with Crippen molar-refractivity contribution in [2.24, 2.45) is 0 Å².